The smallest absolute Gasteiger partial charge is 0.269 e. The van der Waals surface area contributed by atoms with Crippen LogP contribution in [-0.4, -0.2) is 24.0 Å². The summed E-state index contributed by atoms with van der Waals surface area (Å²) < 4.78 is 0. The number of non-ortho nitro benzene ring substituents is 1. The second-order valence-corrected chi connectivity index (χ2v) is 4.27. The number of aliphatic imine (C=N–C) groups is 1. The third kappa shape index (κ3) is 5.01. The van der Waals surface area contributed by atoms with E-state index in [0.717, 1.165) is 11.5 Å². The van der Waals surface area contributed by atoms with Gasteiger partial charge in [-0.1, -0.05) is 12.1 Å². The third-order valence-corrected chi connectivity index (χ3v) is 2.72. The molecule has 0 bridgehead atoms. The summed E-state index contributed by atoms with van der Waals surface area (Å²) >= 11 is 0. The van der Waals surface area contributed by atoms with Gasteiger partial charge in [0, 0.05) is 31.8 Å². The molecule has 1 aliphatic carbocycles. The van der Waals surface area contributed by atoms with Crippen LogP contribution in [0, 0.1) is 10.1 Å². The minimum absolute atomic E-state index is 0. The normalized spacial score (nSPS) is 14.5. The highest BCUT2D eigenvalue weighted by molar-refractivity contribution is 14.0. The zero-order valence-corrected chi connectivity index (χ0v) is 13.0. The number of halogens is 1. The molecule has 2 rings (SSSR count). The molecule has 1 aliphatic rings. The quantitative estimate of drug-likeness (QED) is 0.277. The lowest BCUT2D eigenvalue weighted by molar-refractivity contribution is -0.384. The van der Waals surface area contributed by atoms with Crippen LogP contribution in [0.3, 0.4) is 0 Å². The summed E-state index contributed by atoms with van der Waals surface area (Å²) in [6, 6.07) is 7.12. The van der Waals surface area contributed by atoms with E-state index in [9.17, 15) is 10.1 Å². The van der Waals surface area contributed by atoms with Crippen LogP contribution < -0.4 is 10.6 Å². The molecule has 1 saturated carbocycles. The molecule has 0 aromatic heterocycles. The number of nitrogens with zero attached hydrogens (tertiary/aromatic N) is 2. The number of hydrogen-bond donors (Lipinski definition) is 2. The molecular weight excluding hydrogens is 359 g/mol. The second kappa shape index (κ2) is 7.27. The molecule has 0 spiro atoms. The Balaban J connectivity index is 0.00000180. The van der Waals surface area contributed by atoms with E-state index in [4.69, 9.17) is 0 Å². The van der Waals surface area contributed by atoms with Gasteiger partial charge < -0.3 is 10.6 Å². The lowest BCUT2D eigenvalue weighted by Crippen LogP contribution is -2.38. The number of guanidine groups is 1. The molecule has 6 nitrogen and oxygen atoms in total. The minimum atomic E-state index is -0.388. The summed E-state index contributed by atoms with van der Waals surface area (Å²) in [5.74, 6) is 0.740. The number of nitro groups is 1. The molecule has 0 amide bonds. The van der Waals surface area contributed by atoms with Crippen LogP contribution in [-0.2, 0) is 6.54 Å². The summed E-state index contributed by atoms with van der Waals surface area (Å²) in [6.07, 6.45) is 2.36. The average Bonchev–Trinajstić information content (AvgIpc) is 3.18. The number of benzene rings is 1. The second-order valence-electron chi connectivity index (χ2n) is 4.27. The topological polar surface area (TPSA) is 79.6 Å². The van der Waals surface area contributed by atoms with Crippen LogP contribution in [0.5, 0.6) is 0 Å². The van der Waals surface area contributed by atoms with Crippen molar-refractivity contribution in [1.29, 1.82) is 0 Å². The monoisotopic (exact) mass is 376 g/mol. The molecule has 0 heterocycles. The van der Waals surface area contributed by atoms with E-state index in [1.54, 1.807) is 19.2 Å². The van der Waals surface area contributed by atoms with Crippen molar-refractivity contribution in [3.63, 3.8) is 0 Å². The van der Waals surface area contributed by atoms with Crippen LogP contribution in [0.2, 0.25) is 0 Å². The molecule has 1 fully saturated rings. The summed E-state index contributed by atoms with van der Waals surface area (Å²) in [5.41, 5.74) is 0.974. The Kier molecular flexibility index (Phi) is 6.00. The highest BCUT2D eigenvalue weighted by Gasteiger charge is 2.22. The van der Waals surface area contributed by atoms with Crippen molar-refractivity contribution < 1.29 is 4.92 Å². The van der Waals surface area contributed by atoms with E-state index < -0.39 is 0 Å². The van der Waals surface area contributed by atoms with Gasteiger partial charge in [-0.25, -0.2) is 0 Å². The fourth-order valence-corrected chi connectivity index (χ4v) is 1.58. The molecule has 2 N–H and O–H groups in total. The van der Waals surface area contributed by atoms with Gasteiger partial charge in [0.25, 0.3) is 5.69 Å². The highest BCUT2D eigenvalue weighted by Crippen LogP contribution is 2.18. The Bertz CT molecular complexity index is 475. The summed E-state index contributed by atoms with van der Waals surface area (Å²) in [4.78, 5) is 14.4. The number of rotatable bonds is 4. The van der Waals surface area contributed by atoms with Crippen LogP contribution >= 0.6 is 24.0 Å². The van der Waals surface area contributed by atoms with Crippen molar-refractivity contribution in [1.82, 2.24) is 10.6 Å². The molecule has 0 unspecified atom stereocenters. The molecule has 1 aromatic rings. The lowest BCUT2D eigenvalue weighted by atomic mass is 10.2. The van der Waals surface area contributed by atoms with Crippen molar-refractivity contribution in [3.05, 3.63) is 39.9 Å². The van der Waals surface area contributed by atoms with Gasteiger partial charge in [-0.3, -0.25) is 15.1 Å². The van der Waals surface area contributed by atoms with Crippen LogP contribution in [0.25, 0.3) is 0 Å². The third-order valence-electron chi connectivity index (χ3n) is 2.72. The van der Waals surface area contributed by atoms with Crippen molar-refractivity contribution in [2.75, 3.05) is 7.05 Å². The van der Waals surface area contributed by atoms with Gasteiger partial charge in [-0.15, -0.1) is 24.0 Å². The zero-order valence-electron chi connectivity index (χ0n) is 10.6. The molecule has 7 heteroatoms. The van der Waals surface area contributed by atoms with Crippen molar-refractivity contribution in [3.8, 4) is 0 Å². The van der Waals surface area contributed by atoms with Gasteiger partial charge in [-0.2, -0.15) is 0 Å². The Morgan fingerprint density at radius 3 is 2.84 bits per heavy atom. The maximum absolute atomic E-state index is 10.7. The van der Waals surface area contributed by atoms with Crippen molar-refractivity contribution in [2.24, 2.45) is 4.99 Å². The van der Waals surface area contributed by atoms with E-state index in [1.807, 2.05) is 6.07 Å². The van der Waals surface area contributed by atoms with Gasteiger partial charge >= 0.3 is 0 Å². The van der Waals surface area contributed by atoms with Crippen LogP contribution in [0.4, 0.5) is 5.69 Å². The predicted molar refractivity (Wildman–Crippen MR) is 84.9 cm³/mol. The number of nitrogens with one attached hydrogen (secondary N) is 2. The Morgan fingerprint density at radius 2 is 2.26 bits per heavy atom. The molecule has 1 aromatic carbocycles. The van der Waals surface area contributed by atoms with Crippen molar-refractivity contribution >= 4 is 35.6 Å². The van der Waals surface area contributed by atoms with E-state index in [-0.39, 0.29) is 34.6 Å². The Morgan fingerprint density at radius 1 is 1.53 bits per heavy atom. The first-order valence-corrected chi connectivity index (χ1v) is 5.89. The van der Waals surface area contributed by atoms with Gasteiger partial charge in [0.2, 0.25) is 0 Å². The van der Waals surface area contributed by atoms with Crippen LogP contribution in [0.1, 0.15) is 18.4 Å². The molecule has 0 radical (unpaired) electrons. The highest BCUT2D eigenvalue weighted by atomic mass is 127. The molecule has 19 heavy (non-hydrogen) atoms. The first kappa shape index (κ1) is 15.7. The predicted octanol–water partition coefficient (Wildman–Crippen LogP) is 2.04. The standard InChI is InChI=1S/C12H16N4O2.HI/c1-13-12(15-10-5-6-10)14-8-9-3-2-4-11(7-9)16(17)18;/h2-4,7,10H,5-6,8H2,1H3,(H2,13,14,15);1H. The Hall–Kier alpha value is -1.38. The molecular formula is C12H17IN4O2. The molecule has 0 saturated heterocycles. The fraction of sp³-hybridized carbons (Fsp3) is 0.417. The average molecular weight is 376 g/mol. The number of nitro benzene ring substituents is 1. The van der Waals surface area contributed by atoms with E-state index >= 15 is 0 Å². The largest absolute Gasteiger partial charge is 0.354 e. The van der Waals surface area contributed by atoms with Crippen molar-refractivity contribution in [2.45, 2.75) is 25.4 Å². The molecule has 0 aliphatic heterocycles. The first-order valence-electron chi connectivity index (χ1n) is 5.89. The van der Waals surface area contributed by atoms with E-state index in [2.05, 4.69) is 15.6 Å². The van der Waals surface area contributed by atoms with Gasteiger partial charge in [0.05, 0.1) is 4.92 Å². The maximum atomic E-state index is 10.7. The summed E-state index contributed by atoms with van der Waals surface area (Å²) in [5, 5.41) is 17.0. The SMILES string of the molecule is CN=C(NCc1cccc([N+](=O)[O-])c1)NC1CC1.I. The first-order chi connectivity index (χ1) is 8.69. The lowest BCUT2D eigenvalue weighted by Gasteiger charge is -2.10. The molecule has 104 valence electrons. The van der Waals surface area contributed by atoms with Gasteiger partial charge in [0.15, 0.2) is 5.96 Å². The summed E-state index contributed by atoms with van der Waals surface area (Å²) in [7, 11) is 1.71. The number of hydrogen-bond acceptors (Lipinski definition) is 3. The zero-order chi connectivity index (χ0) is 13.0. The van der Waals surface area contributed by atoms with Gasteiger partial charge in [-0.05, 0) is 18.4 Å². The summed E-state index contributed by atoms with van der Waals surface area (Å²) in [6.45, 7) is 0.522. The van der Waals surface area contributed by atoms with E-state index in [1.165, 1.54) is 18.9 Å². The maximum Gasteiger partial charge on any atom is 0.269 e. The minimum Gasteiger partial charge on any atom is -0.354 e. The van der Waals surface area contributed by atoms with Gasteiger partial charge in [0.1, 0.15) is 0 Å². The van der Waals surface area contributed by atoms with Crippen LogP contribution in [0.15, 0.2) is 29.3 Å². The fourth-order valence-electron chi connectivity index (χ4n) is 1.58. The Labute approximate surface area is 128 Å². The van der Waals surface area contributed by atoms with E-state index in [0.29, 0.717) is 12.6 Å². The molecule has 0 atom stereocenters.